The summed E-state index contributed by atoms with van der Waals surface area (Å²) in [4.78, 5) is 6.85. The largest absolute Gasteiger partial charge is 0.294 e. The van der Waals surface area contributed by atoms with Crippen LogP contribution in [0, 0.1) is 0 Å². The van der Waals surface area contributed by atoms with Crippen molar-refractivity contribution in [3.05, 3.63) is 0 Å². The van der Waals surface area contributed by atoms with Crippen LogP contribution in [0.1, 0.15) is 41.5 Å². The molecule has 2 heteroatoms. The quantitative estimate of drug-likeness (QED) is 0.600. The lowest BCUT2D eigenvalue weighted by Gasteiger charge is -2.34. The van der Waals surface area contributed by atoms with Crippen molar-refractivity contribution >= 4 is 6.21 Å². The molecule has 0 fully saturated rings. The molecule has 0 saturated carbocycles. The fraction of sp³-hybridized carbons (Fsp3) is 0.909. The van der Waals surface area contributed by atoms with E-state index < -0.39 is 0 Å². The maximum absolute atomic E-state index is 4.45. The summed E-state index contributed by atoms with van der Waals surface area (Å²) in [7, 11) is 0. The van der Waals surface area contributed by atoms with Gasteiger partial charge in [0, 0.05) is 12.3 Å². The van der Waals surface area contributed by atoms with E-state index in [9.17, 15) is 0 Å². The fourth-order valence-electron chi connectivity index (χ4n) is 1.45. The second-order valence-electron chi connectivity index (χ2n) is 4.20. The number of nitrogens with zero attached hydrogens (tertiary/aromatic N) is 2. The molecule has 13 heavy (non-hydrogen) atoms. The fourth-order valence-corrected chi connectivity index (χ4v) is 1.45. The summed E-state index contributed by atoms with van der Waals surface area (Å²) >= 11 is 0. The molecule has 78 valence electrons. The molecule has 0 N–H and O–H groups in total. The molecule has 0 amide bonds. The molecule has 0 atom stereocenters. The second kappa shape index (κ2) is 5.38. The van der Waals surface area contributed by atoms with Gasteiger partial charge in [-0.1, -0.05) is 13.8 Å². The second-order valence-corrected chi connectivity index (χ2v) is 4.20. The highest BCUT2D eigenvalue weighted by molar-refractivity contribution is 5.69. The van der Waals surface area contributed by atoms with Gasteiger partial charge in [-0.15, -0.1) is 0 Å². The standard InChI is InChI=1S/C11H24N2/c1-7-13(8-2)11(5,6)9-12-10(3)4/h9-10H,7-8H2,1-6H3. The van der Waals surface area contributed by atoms with Crippen LogP contribution >= 0.6 is 0 Å². The van der Waals surface area contributed by atoms with Gasteiger partial charge in [0.15, 0.2) is 0 Å². The molecule has 0 spiro atoms. The van der Waals surface area contributed by atoms with E-state index in [-0.39, 0.29) is 5.54 Å². The molecule has 0 rings (SSSR count). The Morgan fingerprint density at radius 1 is 1.23 bits per heavy atom. The highest BCUT2D eigenvalue weighted by Gasteiger charge is 2.21. The van der Waals surface area contributed by atoms with Crippen molar-refractivity contribution in [1.82, 2.24) is 4.90 Å². The topological polar surface area (TPSA) is 15.6 Å². The van der Waals surface area contributed by atoms with Gasteiger partial charge in [0.25, 0.3) is 0 Å². The van der Waals surface area contributed by atoms with E-state index >= 15 is 0 Å². The number of rotatable bonds is 5. The Balaban J connectivity index is 4.35. The van der Waals surface area contributed by atoms with Crippen LogP contribution in [0.2, 0.25) is 0 Å². The van der Waals surface area contributed by atoms with Crippen molar-refractivity contribution in [3.8, 4) is 0 Å². The van der Waals surface area contributed by atoms with Crippen LogP contribution in [0.15, 0.2) is 4.99 Å². The molecule has 0 saturated heterocycles. The molecular formula is C11H24N2. The Kier molecular flexibility index (Phi) is 5.23. The predicted molar refractivity (Wildman–Crippen MR) is 60.6 cm³/mol. The summed E-state index contributed by atoms with van der Waals surface area (Å²) in [5, 5.41) is 0. The highest BCUT2D eigenvalue weighted by atomic mass is 15.2. The Bertz CT molecular complexity index is 155. The molecule has 0 aromatic rings. The van der Waals surface area contributed by atoms with E-state index in [4.69, 9.17) is 0 Å². The van der Waals surface area contributed by atoms with Crippen LogP contribution < -0.4 is 0 Å². The van der Waals surface area contributed by atoms with Gasteiger partial charge in [0.2, 0.25) is 0 Å². The lowest BCUT2D eigenvalue weighted by molar-refractivity contribution is 0.202. The Labute approximate surface area is 83.0 Å². The minimum Gasteiger partial charge on any atom is -0.294 e. The van der Waals surface area contributed by atoms with E-state index in [1.54, 1.807) is 0 Å². The molecule has 0 heterocycles. The van der Waals surface area contributed by atoms with E-state index in [0.29, 0.717) is 6.04 Å². The third kappa shape index (κ3) is 4.41. The third-order valence-corrected chi connectivity index (χ3v) is 2.27. The van der Waals surface area contributed by atoms with Crippen molar-refractivity contribution in [2.75, 3.05) is 13.1 Å². The van der Waals surface area contributed by atoms with Crippen LogP contribution in [0.5, 0.6) is 0 Å². The van der Waals surface area contributed by atoms with Gasteiger partial charge in [-0.2, -0.15) is 0 Å². The zero-order chi connectivity index (χ0) is 10.5. The van der Waals surface area contributed by atoms with Gasteiger partial charge in [-0.25, -0.2) is 0 Å². The Hall–Kier alpha value is -0.370. The molecular weight excluding hydrogens is 160 g/mol. The number of hydrogen-bond acceptors (Lipinski definition) is 2. The Morgan fingerprint density at radius 3 is 2.00 bits per heavy atom. The van der Waals surface area contributed by atoms with Crippen molar-refractivity contribution in [3.63, 3.8) is 0 Å². The number of aliphatic imine (C=N–C) groups is 1. The highest BCUT2D eigenvalue weighted by Crippen LogP contribution is 2.11. The number of hydrogen-bond donors (Lipinski definition) is 0. The summed E-state index contributed by atoms with van der Waals surface area (Å²) in [5.74, 6) is 0. The summed E-state index contributed by atoms with van der Waals surface area (Å²) in [6, 6.07) is 0.398. The van der Waals surface area contributed by atoms with Crippen molar-refractivity contribution in [2.24, 2.45) is 4.99 Å². The molecule has 0 unspecified atom stereocenters. The van der Waals surface area contributed by atoms with Crippen molar-refractivity contribution in [2.45, 2.75) is 53.1 Å². The summed E-state index contributed by atoms with van der Waals surface area (Å²) in [5.41, 5.74) is 0.0910. The lowest BCUT2D eigenvalue weighted by Crippen LogP contribution is -2.45. The third-order valence-electron chi connectivity index (χ3n) is 2.27. The first kappa shape index (κ1) is 12.6. The van der Waals surface area contributed by atoms with Crippen LogP contribution in [0.4, 0.5) is 0 Å². The van der Waals surface area contributed by atoms with Crippen LogP contribution in [0.3, 0.4) is 0 Å². The summed E-state index contributed by atoms with van der Waals surface area (Å²) in [6.07, 6.45) is 2.07. The van der Waals surface area contributed by atoms with Crippen LogP contribution in [-0.4, -0.2) is 35.8 Å². The maximum Gasteiger partial charge on any atom is 0.0502 e. The molecule has 0 radical (unpaired) electrons. The average Bonchev–Trinajstić information content (AvgIpc) is 2.03. The minimum absolute atomic E-state index is 0.0910. The van der Waals surface area contributed by atoms with Gasteiger partial charge < -0.3 is 0 Å². The first-order valence-electron chi connectivity index (χ1n) is 5.23. The van der Waals surface area contributed by atoms with E-state index in [2.05, 4.69) is 57.6 Å². The first-order valence-corrected chi connectivity index (χ1v) is 5.23. The molecule has 0 aromatic carbocycles. The lowest BCUT2D eigenvalue weighted by atomic mass is 10.0. The van der Waals surface area contributed by atoms with Gasteiger partial charge in [-0.3, -0.25) is 9.89 Å². The van der Waals surface area contributed by atoms with E-state index in [0.717, 1.165) is 13.1 Å². The molecule has 0 aromatic heterocycles. The Morgan fingerprint density at radius 2 is 1.69 bits per heavy atom. The summed E-state index contributed by atoms with van der Waals surface area (Å²) in [6.45, 7) is 15.2. The van der Waals surface area contributed by atoms with Crippen molar-refractivity contribution < 1.29 is 0 Å². The smallest absolute Gasteiger partial charge is 0.0502 e. The molecule has 0 aliphatic heterocycles. The SMILES string of the molecule is CCN(CC)C(C)(C)C=NC(C)C. The minimum atomic E-state index is 0.0910. The van der Waals surface area contributed by atoms with E-state index in [1.165, 1.54) is 0 Å². The molecule has 0 aliphatic rings. The van der Waals surface area contributed by atoms with Crippen LogP contribution in [0.25, 0.3) is 0 Å². The average molecular weight is 184 g/mol. The first-order chi connectivity index (χ1) is 5.94. The zero-order valence-electron chi connectivity index (χ0n) is 9.96. The van der Waals surface area contributed by atoms with Crippen LogP contribution in [-0.2, 0) is 0 Å². The van der Waals surface area contributed by atoms with Crippen molar-refractivity contribution in [1.29, 1.82) is 0 Å². The van der Waals surface area contributed by atoms with Gasteiger partial charge in [-0.05, 0) is 40.8 Å². The molecule has 0 aliphatic carbocycles. The molecule has 2 nitrogen and oxygen atoms in total. The van der Waals surface area contributed by atoms with Gasteiger partial charge >= 0.3 is 0 Å². The molecule has 0 bridgehead atoms. The monoisotopic (exact) mass is 184 g/mol. The zero-order valence-corrected chi connectivity index (χ0v) is 9.96. The van der Waals surface area contributed by atoms with E-state index in [1.807, 2.05) is 0 Å². The summed E-state index contributed by atoms with van der Waals surface area (Å²) < 4.78 is 0. The predicted octanol–water partition coefficient (Wildman–Crippen LogP) is 2.59. The van der Waals surface area contributed by atoms with Gasteiger partial charge in [0.1, 0.15) is 0 Å². The maximum atomic E-state index is 4.45. The van der Waals surface area contributed by atoms with Gasteiger partial charge in [0.05, 0.1) is 5.54 Å². The normalized spacial score (nSPS) is 13.5.